The van der Waals surface area contributed by atoms with E-state index in [1.165, 1.54) is 12.4 Å². The lowest BCUT2D eigenvalue weighted by atomic mass is 10.1. The summed E-state index contributed by atoms with van der Waals surface area (Å²) in [5.41, 5.74) is 0.595. The fraction of sp³-hybridized carbons (Fsp3) is 0.412. The number of H-pyrrole nitrogens is 1. The first-order valence-electron chi connectivity index (χ1n) is 7.90. The fourth-order valence-corrected chi connectivity index (χ4v) is 2.28. The Labute approximate surface area is 139 Å². The molecule has 2 aromatic rings. The first-order chi connectivity index (χ1) is 11.4. The number of carbonyl (C=O) groups is 1. The van der Waals surface area contributed by atoms with E-state index >= 15 is 0 Å². The fourth-order valence-electron chi connectivity index (χ4n) is 2.28. The number of aromatic amines is 1. The summed E-state index contributed by atoms with van der Waals surface area (Å²) >= 11 is 0. The summed E-state index contributed by atoms with van der Waals surface area (Å²) in [7, 11) is 0. The summed E-state index contributed by atoms with van der Waals surface area (Å²) in [6.45, 7) is 6.56. The van der Waals surface area contributed by atoms with E-state index in [1.54, 1.807) is 23.8 Å². The summed E-state index contributed by atoms with van der Waals surface area (Å²) in [6.07, 6.45) is 3.85. The van der Waals surface area contributed by atoms with E-state index in [1.807, 2.05) is 0 Å². The summed E-state index contributed by atoms with van der Waals surface area (Å²) in [4.78, 5) is 42.5. The molecule has 0 bridgehead atoms. The Morgan fingerprint density at radius 3 is 2.79 bits per heavy atom. The summed E-state index contributed by atoms with van der Waals surface area (Å²) < 4.78 is 1.56. The first kappa shape index (κ1) is 17.7. The van der Waals surface area contributed by atoms with Crippen molar-refractivity contribution in [3.8, 4) is 0 Å². The van der Waals surface area contributed by atoms with Crippen molar-refractivity contribution in [2.75, 3.05) is 0 Å². The average molecular weight is 330 g/mol. The molecule has 128 valence electrons. The molecule has 0 aliphatic rings. The Morgan fingerprint density at radius 1 is 1.38 bits per heavy atom. The zero-order valence-electron chi connectivity index (χ0n) is 14.1. The van der Waals surface area contributed by atoms with E-state index in [0.717, 1.165) is 6.42 Å². The zero-order chi connectivity index (χ0) is 17.7. The van der Waals surface area contributed by atoms with Crippen LogP contribution in [0.4, 0.5) is 0 Å². The number of nitrogens with zero attached hydrogens (tertiary/aromatic N) is 2. The highest BCUT2D eigenvalue weighted by molar-refractivity contribution is 5.95. The quantitative estimate of drug-likeness (QED) is 0.832. The average Bonchev–Trinajstić information content (AvgIpc) is 2.52. The van der Waals surface area contributed by atoms with E-state index < -0.39 is 5.91 Å². The molecule has 0 atom stereocenters. The van der Waals surface area contributed by atoms with Crippen LogP contribution in [0.5, 0.6) is 0 Å². The number of amides is 1. The molecular formula is C17H22N4O3. The minimum Gasteiger partial charge on any atom is -0.346 e. The van der Waals surface area contributed by atoms with Crippen molar-refractivity contribution in [2.45, 2.75) is 40.3 Å². The molecule has 2 aromatic heterocycles. The molecule has 0 radical (unpaired) electrons. The van der Waals surface area contributed by atoms with Gasteiger partial charge < -0.3 is 14.9 Å². The summed E-state index contributed by atoms with van der Waals surface area (Å²) in [5, 5.41) is 2.65. The van der Waals surface area contributed by atoms with E-state index in [0.29, 0.717) is 23.7 Å². The van der Waals surface area contributed by atoms with Gasteiger partial charge in [0.2, 0.25) is 0 Å². The van der Waals surface area contributed by atoms with Crippen LogP contribution in [0.2, 0.25) is 0 Å². The molecule has 2 heterocycles. The highest BCUT2D eigenvalue weighted by Crippen LogP contribution is 2.05. The predicted octanol–water partition coefficient (Wildman–Crippen LogP) is 1.22. The third-order valence-corrected chi connectivity index (χ3v) is 3.71. The van der Waals surface area contributed by atoms with Gasteiger partial charge in [-0.15, -0.1) is 0 Å². The van der Waals surface area contributed by atoms with E-state index in [2.05, 4.69) is 29.1 Å². The Morgan fingerprint density at radius 2 is 2.12 bits per heavy atom. The van der Waals surface area contributed by atoms with Gasteiger partial charge in [0.1, 0.15) is 5.56 Å². The van der Waals surface area contributed by atoms with Crippen molar-refractivity contribution in [3.63, 3.8) is 0 Å². The van der Waals surface area contributed by atoms with Crippen LogP contribution in [0.1, 0.15) is 41.9 Å². The number of aromatic nitrogens is 3. The van der Waals surface area contributed by atoms with Gasteiger partial charge in [0.15, 0.2) is 0 Å². The topological polar surface area (TPSA) is 96.9 Å². The number of hydrogen-bond donors (Lipinski definition) is 2. The Balaban J connectivity index is 2.17. The van der Waals surface area contributed by atoms with Gasteiger partial charge in [-0.3, -0.25) is 14.4 Å². The molecule has 0 saturated carbocycles. The molecule has 1 amide bonds. The van der Waals surface area contributed by atoms with Crippen molar-refractivity contribution < 1.29 is 4.79 Å². The van der Waals surface area contributed by atoms with E-state index in [9.17, 15) is 14.4 Å². The molecule has 7 heteroatoms. The highest BCUT2D eigenvalue weighted by atomic mass is 16.2. The van der Waals surface area contributed by atoms with Crippen LogP contribution in [0.15, 0.2) is 34.2 Å². The molecule has 0 aromatic carbocycles. The van der Waals surface area contributed by atoms with Gasteiger partial charge in [-0.2, -0.15) is 0 Å². The van der Waals surface area contributed by atoms with Gasteiger partial charge in [0.25, 0.3) is 17.0 Å². The Kier molecular flexibility index (Phi) is 5.68. The molecule has 0 aliphatic carbocycles. The zero-order valence-corrected chi connectivity index (χ0v) is 14.1. The minimum atomic E-state index is -0.460. The predicted molar refractivity (Wildman–Crippen MR) is 90.9 cm³/mol. The highest BCUT2D eigenvalue weighted by Gasteiger charge is 2.16. The maximum atomic E-state index is 12.5. The SMILES string of the molecule is Cc1ccn(CCC(C)C)c(=O)c1C(=O)NCc1cc(=O)[nH]cn1. The molecule has 7 nitrogen and oxygen atoms in total. The van der Waals surface area contributed by atoms with Crippen LogP contribution in [0, 0.1) is 12.8 Å². The Bertz CT molecular complexity index is 836. The Hall–Kier alpha value is -2.70. The van der Waals surface area contributed by atoms with Crippen LogP contribution in [0.3, 0.4) is 0 Å². The standard InChI is InChI=1S/C17H22N4O3/c1-11(2)4-6-21-7-5-12(3)15(17(21)24)16(23)18-9-13-8-14(22)20-10-19-13/h5,7-8,10-11H,4,6,9H2,1-3H3,(H,18,23)(H,19,20,22). The lowest BCUT2D eigenvalue weighted by Crippen LogP contribution is -2.34. The molecule has 0 fully saturated rings. The van der Waals surface area contributed by atoms with Crippen LogP contribution < -0.4 is 16.4 Å². The molecule has 0 aliphatic heterocycles. The van der Waals surface area contributed by atoms with Crippen LogP contribution in [-0.4, -0.2) is 20.4 Å². The third kappa shape index (κ3) is 4.41. The number of aryl methyl sites for hydroxylation is 2. The van der Waals surface area contributed by atoms with E-state index in [4.69, 9.17) is 0 Å². The van der Waals surface area contributed by atoms with Crippen molar-refractivity contribution in [1.29, 1.82) is 0 Å². The monoisotopic (exact) mass is 330 g/mol. The van der Waals surface area contributed by atoms with E-state index in [-0.39, 0.29) is 23.2 Å². The number of pyridine rings is 1. The largest absolute Gasteiger partial charge is 0.346 e. The maximum absolute atomic E-state index is 12.5. The van der Waals surface area contributed by atoms with Crippen molar-refractivity contribution in [1.82, 2.24) is 19.9 Å². The third-order valence-electron chi connectivity index (χ3n) is 3.71. The van der Waals surface area contributed by atoms with Gasteiger partial charge in [-0.25, -0.2) is 4.98 Å². The second-order valence-electron chi connectivity index (χ2n) is 6.14. The lowest BCUT2D eigenvalue weighted by Gasteiger charge is -2.12. The number of nitrogens with one attached hydrogen (secondary N) is 2. The molecular weight excluding hydrogens is 308 g/mol. The van der Waals surface area contributed by atoms with Gasteiger partial charge >= 0.3 is 0 Å². The molecule has 2 N–H and O–H groups in total. The second kappa shape index (κ2) is 7.72. The van der Waals surface area contributed by atoms with Crippen LogP contribution >= 0.6 is 0 Å². The number of rotatable bonds is 6. The summed E-state index contributed by atoms with van der Waals surface area (Å²) in [6, 6.07) is 3.07. The van der Waals surface area contributed by atoms with Crippen molar-refractivity contribution in [3.05, 3.63) is 62.2 Å². The molecule has 0 unspecified atom stereocenters. The number of hydrogen-bond acceptors (Lipinski definition) is 4. The normalized spacial score (nSPS) is 10.8. The number of carbonyl (C=O) groups excluding carboxylic acids is 1. The van der Waals surface area contributed by atoms with Gasteiger partial charge in [0.05, 0.1) is 18.6 Å². The molecule has 0 spiro atoms. The first-order valence-corrected chi connectivity index (χ1v) is 7.90. The van der Waals surface area contributed by atoms with Crippen molar-refractivity contribution >= 4 is 5.91 Å². The second-order valence-corrected chi connectivity index (χ2v) is 6.14. The summed E-state index contributed by atoms with van der Waals surface area (Å²) in [5.74, 6) is 0.0104. The van der Waals surface area contributed by atoms with Gasteiger partial charge in [-0.1, -0.05) is 13.8 Å². The molecule has 2 rings (SSSR count). The lowest BCUT2D eigenvalue weighted by molar-refractivity contribution is 0.0947. The van der Waals surface area contributed by atoms with Crippen LogP contribution in [0.25, 0.3) is 0 Å². The van der Waals surface area contributed by atoms with Crippen LogP contribution in [-0.2, 0) is 13.1 Å². The van der Waals surface area contributed by atoms with Gasteiger partial charge in [-0.05, 0) is 30.9 Å². The van der Waals surface area contributed by atoms with Crippen molar-refractivity contribution in [2.24, 2.45) is 5.92 Å². The molecule has 0 saturated heterocycles. The van der Waals surface area contributed by atoms with Gasteiger partial charge in [0, 0.05) is 18.8 Å². The smallest absolute Gasteiger partial charge is 0.263 e. The molecule has 24 heavy (non-hydrogen) atoms. The maximum Gasteiger partial charge on any atom is 0.263 e. The minimum absolute atomic E-state index is 0.0858.